The summed E-state index contributed by atoms with van der Waals surface area (Å²) in [7, 11) is 0. The van der Waals surface area contributed by atoms with Gasteiger partial charge in [-0.15, -0.1) is 0 Å². The van der Waals surface area contributed by atoms with Gasteiger partial charge in [0.15, 0.2) is 11.5 Å². The normalized spacial score (nSPS) is 23.9. The van der Waals surface area contributed by atoms with Gasteiger partial charge < -0.3 is 9.47 Å². The first-order valence-corrected chi connectivity index (χ1v) is 8.64. The van der Waals surface area contributed by atoms with E-state index in [1.807, 2.05) is 30.3 Å². The Bertz CT molecular complexity index is 706. The second-order valence-corrected chi connectivity index (χ2v) is 6.65. The molecule has 2 aromatic carbocycles. The maximum absolute atomic E-state index is 13.5. The summed E-state index contributed by atoms with van der Waals surface area (Å²) in [6.45, 7) is 3.44. The minimum atomic E-state index is -0.148. The molecule has 0 radical (unpaired) electrons. The topological polar surface area (TPSA) is 21.7 Å². The first-order valence-electron chi connectivity index (χ1n) is 8.64. The molecule has 2 aromatic rings. The van der Waals surface area contributed by atoms with Crippen LogP contribution in [0, 0.1) is 5.82 Å². The van der Waals surface area contributed by atoms with E-state index in [4.69, 9.17) is 9.47 Å². The van der Waals surface area contributed by atoms with Crippen molar-refractivity contribution in [3.05, 3.63) is 59.9 Å². The van der Waals surface area contributed by atoms with E-state index in [2.05, 4.69) is 4.90 Å². The zero-order valence-electron chi connectivity index (χ0n) is 13.7. The van der Waals surface area contributed by atoms with E-state index in [0.717, 1.165) is 49.5 Å². The Kier molecular flexibility index (Phi) is 4.39. The molecule has 0 amide bonds. The van der Waals surface area contributed by atoms with Gasteiger partial charge in [0.25, 0.3) is 0 Å². The highest BCUT2D eigenvalue weighted by Crippen LogP contribution is 2.32. The Labute approximate surface area is 142 Å². The van der Waals surface area contributed by atoms with Crippen LogP contribution in [0.5, 0.6) is 11.5 Å². The van der Waals surface area contributed by atoms with Gasteiger partial charge in [0.1, 0.15) is 18.5 Å². The van der Waals surface area contributed by atoms with Crippen LogP contribution in [-0.4, -0.2) is 37.2 Å². The first kappa shape index (κ1) is 15.5. The lowest BCUT2D eigenvalue weighted by Crippen LogP contribution is -2.44. The van der Waals surface area contributed by atoms with E-state index in [9.17, 15) is 4.39 Å². The van der Waals surface area contributed by atoms with Crippen molar-refractivity contribution in [1.82, 2.24) is 4.90 Å². The van der Waals surface area contributed by atoms with Crippen molar-refractivity contribution in [2.75, 3.05) is 26.2 Å². The molecular formula is C20H22FNO2. The molecule has 0 saturated carbocycles. The molecule has 24 heavy (non-hydrogen) atoms. The quantitative estimate of drug-likeness (QED) is 0.855. The molecule has 2 heterocycles. The molecule has 2 atom stereocenters. The number of hydrogen-bond acceptors (Lipinski definition) is 3. The summed E-state index contributed by atoms with van der Waals surface area (Å²) in [6.07, 6.45) is 2.29. The first-order chi connectivity index (χ1) is 11.8. The van der Waals surface area contributed by atoms with E-state index < -0.39 is 0 Å². The molecule has 4 rings (SSSR count). The number of likely N-dealkylation sites (tertiary alicyclic amines) is 1. The van der Waals surface area contributed by atoms with Crippen LogP contribution < -0.4 is 9.47 Å². The van der Waals surface area contributed by atoms with E-state index in [-0.39, 0.29) is 11.9 Å². The van der Waals surface area contributed by atoms with Crippen LogP contribution in [0.15, 0.2) is 48.5 Å². The molecule has 0 aliphatic carbocycles. The number of para-hydroxylation sites is 2. The van der Waals surface area contributed by atoms with Crippen LogP contribution in [0.25, 0.3) is 0 Å². The summed E-state index contributed by atoms with van der Waals surface area (Å²) in [5.41, 5.74) is 1.10. The van der Waals surface area contributed by atoms with Crippen molar-refractivity contribution in [3.8, 4) is 11.5 Å². The average Bonchev–Trinajstić information content (AvgIpc) is 2.62. The maximum Gasteiger partial charge on any atom is 0.161 e. The molecule has 0 aromatic heterocycles. The number of fused-ring (bicyclic) bond motifs is 1. The van der Waals surface area contributed by atoms with E-state index in [1.165, 1.54) is 6.07 Å². The standard InChI is InChI=1S/C20H22FNO2/c21-17-7-3-5-15(11-17)16-6-4-10-22(12-16)13-18-14-23-19-8-1-2-9-20(19)24-18/h1-3,5,7-9,11,16,18H,4,6,10,12-14H2/t16-,18-/m0/s1. The molecule has 2 aliphatic heterocycles. The molecule has 1 fully saturated rings. The molecule has 0 N–H and O–H groups in total. The zero-order valence-corrected chi connectivity index (χ0v) is 13.7. The fourth-order valence-corrected chi connectivity index (χ4v) is 3.69. The van der Waals surface area contributed by atoms with E-state index in [0.29, 0.717) is 12.5 Å². The molecule has 2 aliphatic rings. The zero-order chi connectivity index (χ0) is 16.4. The molecule has 0 spiro atoms. The van der Waals surface area contributed by atoms with Crippen LogP contribution in [0.2, 0.25) is 0 Å². The lowest BCUT2D eigenvalue weighted by Gasteiger charge is -2.36. The van der Waals surface area contributed by atoms with Gasteiger partial charge in [0.2, 0.25) is 0 Å². The number of hydrogen-bond donors (Lipinski definition) is 0. The van der Waals surface area contributed by atoms with Crippen LogP contribution in [-0.2, 0) is 0 Å². The van der Waals surface area contributed by atoms with Crippen molar-refractivity contribution in [1.29, 1.82) is 0 Å². The summed E-state index contributed by atoms with van der Waals surface area (Å²) >= 11 is 0. The third-order valence-corrected chi connectivity index (χ3v) is 4.85. The van der Waals surface area contributed by atoms with Gasteiger partial charge in [-0.05, 0) is 55.1 Å². The fourth-order valence-electron chi connectivity index (χ4n) is 3.69. The minimum Gasteiger partial charge on any atom is -0.486 e. The van der Waals surface area contributed by atoms with Gasteiger partial charge in [-0.3, -0.25) is 4.90 Å². The van der Waals surface area contributed by atoms with Crippen LogP contribution in [0.1, 0.15) is 24.3 Å². The number of nitrogens with zero attached hydrogens (tertiary/aromatic N) is 1. The summed E-state index contributed by atoms with van der Waals surface area (Å²) in [6, 6.07) is 14.8. The van der Waals surface area contributed by atoms with Crippen molar-refractivity contribution < 1.29 is 13.9 Å². The largest absolute Gasteiger partial charge is 0.486 e. The van der Waals surface area contributed by atoms with Crippen molar-refractivity contribution >= 4 is 0 Å². The minimum absolute atomic E-state index is 0.0474. The van der Waals surface area contributed by atoms with E-state index >= 15 is 0 Å². The molecule has 4 heteroatoms. The summed E-state index contributed by atoms with van der Waals surface area (Å²) < 4.78 is 25.4. The Balaban J connectivity index is 1.39. The smallest absolute Gasteiger partial charge is 0.161 e. The van der Waals surface area contributed by atoms with Gasteiger partial charge in [0, 0.05) is 13.1 Å². The number of benzene rings is 2. The van der Waals surface area contributed by atoms with Gasteiger partial charge in [0.05, 0.1) is 0 Å². The van der Waals surface area contributed by atoms with Crippen LogP contribution >= 0.6 is 0 Å². The lowest BCUT2D eigenvalue weighted by molar-refractivity contribution is 0.0504. The van der Waals surface area contributed by atoms with Gasteiger partial charge in [-0.2, -0.15) is 0 Å². The fraction of sp³-hybridized carbons (Fsp3) is 0.400. The Morgan fingerprint density at radius 1 is 1.08 bits per heavy atom. The number of ether oxygens (including phenoxy) is 2. The highest BCUT2D eigenvalue weighted by molar-refractivity contribution is 5.40. The predicted octanol–water partition coefficient (Wildman–Crippen LogP) is 3.85. The number of rotatable bonds is 3. The van der Waals surface area contributed by atoms with Crippen LogP contribution in [0.3, 0.4) is 0 Å². The third kappa shape index (κ3) is 3.39. The van der Waals surface area contributed by atoms with E-state index in [1.54, 1.807) is 12.1 Å². The van der Waals surface area contributed by atoms with Gasteiger partial charge in [-0.1, -0.05) is 24.3 Å². The Hall–Kier alpha value is -2.07. The van der Waals surface area contributed by atoms with Crippen molar-refractivity contribution in [2.24, 2.45) is 0 Å². The highest BCUT2D eigenvalue weighted by atomic mass is 19.1. The predicted molar refractivity (Wildman–Crippen MR) is 91.2 cm³/mol. The summed E-state index contributed by atoms with van der Waals surface area (Å²) in [5.74, 6) is 1.90. The van der Waals surface area contributed by atoms with Gasteiger partial charge in [-0.25, -0.2) is 4.39 Å². The van der Waals surface area contributed by atoms with Crippen LogP contribution in [0.4, 0.5) is 4.39 Å². The molecule has 126 valence electrons. The van der Waals surface area contributed by atoms with Gasteiger partial charge >= 0.3 is 0 Å². The van der Waals surface area contributed by atoms with Crippen molar-refractivity contribution in [2.45, 2.75) is 24.9 Å². The lowest BCUT2D eigenvalue weighted by atomic mass is 9.90. The average molecular weight is 327 g/mol. The summed E-state index contributed by atoms with van der Waals surface area (Å²) in [4.78, 5) is 2.42. The molecule has 1 saturated heterocycles. The second kappa shape index (κ2) is 6.81. The Morgan fingerprint density at radius 3 is 2.83 bits per heavy atom. The van der Waals surface area contributed by atoms with Crippen molar-refractivity contribution in [3.63, 3.8) is 0 Å². The molecule has 3 nitrogen and oxygen atoms in total. The number of halogens is 1. The maximum atomic E-state index is 13.5. The molecular weight excluding hydrogens is 305 g/mol. The molecule has 0 unspecified atom stereocenters. The second-order valence-electron chi connectivity index (χ2n) is 6.65. The Morgan fingerprint density at radius 2 is 1.96 bits per heavy atom. The SMILES string of the molecule is Fc1cccc([C@H]2CCCN(C[C@H]3COc4ccccc4O3)C2)c1. The number of piperidine rings is 1. The molecule has 0 bridgehead atoms. The third-order valence-electron chi connectivity index (χ3n) is 4.85. The summed E-state index contributed by atoms with van der Waals surface area (Å²) in [5, 5.41) is 0. The monoisotopic (exact) mass is 327 g/mol. The highest BCUT2D eigenvalue weighted by Gasteiger charge is 2.27.